The van der Waals surface area contributed by atoms with Gasteiger partial charge in [0.25, 0.3) is 0 Å². The van der Waals surface area contributed by atoms with E-state index < -0.39 is 12.2 Å². The van der Waals surface area contributed by atoms with Gasteiger partial charge >= 0.3 is 6.18 Å². The molecule has 3 heterocycles. The van der Waals surface area contributed by atoms with Gasteiger partial charge in [-0.3, -0.25) is 9.69 Å². The van der Waals surface area contributed by atoms with Gasteiger partial charge in [-0.1, -0.05) is 30.2 Å². The number of thiazole rings is 1. The maximum atomic E-state index is 13.3. The maximum Gasteiger partial charge on any atom is 0.404 e. The highest BCUT2D eigenvalue weighted by Gasteiger charge is 2.51. The van der Waals surface area contributed by atoms with Crippen LogP contribution in [0, 0.1) is 5.92 Å². The number of rotatable bonds is 7. The summed E-state index contributed by atoms with van der Waals surface area (Å²) in [6, 6.07) is 4.41. The molecule has 1 saturated heterocycles. The van der Waals surface area contributed by atoms with Crippen LogP contribution in [0.2, 0.25) is 0 Å². The summed E-state index contributed by atoms with van der Waals surface area (Å²) in [7, 11) is 0. The summed E-state index contributed by atoms with van der Waals surface area (Å²) in [6.07, 6.45) is 6.75. The van der Waals surface area contributed by atoms with Crippen LogP contribution in [0.3, 0.4) is 0 Å². The van der Waals surface area contributed by atoms with E-state index >= 15 is 0 Å². The van der Waals surface area contributed by atoms with E-state index in [0.717, 1.165) is 34.2 Å². The minimum Gasteiger partial charge on any atom is -0.370 e. The molecule has 11 heteroatoms. The first-order chi connectivity index (χ1) is 18.8. The van der Waals surface area contributed by atoms with Crippen LogP contribution in [0.25, 0.3) is 15.8 Å². The Labute approximate surface area is 229 Å². The number of nitrogens with zero attached hydrogens (tertiary/aromatic N) is 4. The SMILES string of the molecule is O=C(Nc1nc2ccc(C3=CN=C(COC4CCCC4)N=CC3)cc2s1)C1CC(N2CCCC2C(F)(F)F)C1. The molecule has 4 aliphatic rings. The number of carbonyl (C=O) groups is 1. The van der Waals surface area contributed by atoms with Crippen LogP contribution < -0.4 is 5.32 Å². The van der Waals surface area contributed by atoms with Crippen molar-refractivity contribution in [1.82, 2.24) is 9.88 Å². The zero-order chi connectivity index (χ0) is 27.0. The van der Waals surface area contributed by atoms with Crippen LogP contribution in [0.4, 0.5) is 18.3 Å². The lowest BCUT2D eigenvalue weighted by Crippen LogP contribution is -2.53. The van der Waals surface area contributed by atoms with Crippen molar-refractivity contribution in [3.63, 3.8) is 0 Å². The van der Waals surface area contributed by atoms with Crippen molar-refractivity contribution in [2.45, 2.75) is 82.2 Å². The zero-order valence-corrected chi connectivity index (χ0v) is 22.4. The van der Waals surface area contributed by atoms with Crippen LogP contribution in [-0.4, -0.2) is 65.4 Å². The molecule has 1 amide bonds. The zero-order valence-electron chi connectivity index (χ0n) is 21.6. The second-order valence-corrected chi connectivity index (χ2v) is 11.9. The predicted molar refractivity (Wildman–Crippen MR) is 147 cm³/mol. The van der Waals surface area contributed by atoms with Gasteiger partial charge in [-0.15, -0.1) is 0 Å². The van der Waals surface area contributed by atoms with Crippen LogP contribution in [0.5, 0.6) is 0 Å². The molecule has 1 aromatic carbocycles. The number of nitrogens with one attached hydrogen (secondary N) is 1. The topological polar surface area (TPSA) is 79.2 Å². The second-order valence-electron chi connectivity index (χ2n) is 10.9. The van der Waals surface area contributed by atoms with Crippen molar-refractivity contribution in [3.05, 3.63) is 30.0 Å². The van der Waals surface area contributed by atoms with Gasteiger partial charge in [-0.2, -0.15) is 13.2 Å². The van der Waals surface area contributed by atoms with Gasteiger partial charge in [0.05, 0.1) is 16.3 Å². The van der Waals surface area contributed by atoms with Crippen molar-refractivity contribution in [2.24, 2.45) is 15.9 Å². The Kier molecular flexibility index (Phi) is 7.56. The quantitative estimate of drug-likeness (QED) is 0.437. The predicted octanol–water partition coefficient (Wildman–Crippen LogP) is 6.21. The smallest absolute Gasteiger partial charge is 0.370 e. The minimum atomic E-state index is -4.21. The monoisotopic (exact) mass is 559 g/mol. The van der Waals surface area contributed by atoms with E-state index in [1.165, 1.54) is 24.2 Å². The molecule has 2 aliphatic carbocycles. The number of carbonyl (C=O) groups excluding carboxylic acids is 1. The van der Waals surface area contributed by atoms with E-state index in [-0.39, 0.29) is 24.3 Å². The third-order valence-electron chi connectivity index (χ3n) is 8.29. The first-order valence-corrected chi connectivity index (χ1v) is 14.6. The number of halogens is 3. The average Bonchev–Trinajstić information content (AvgIpc) is 3.60. The fraction of sp³-hybridized carbons (Fsp3) is 0.571. The first kappa shape index (κ1) is 26.6. The Morgan fingerprint density at radius 1 is 1.15 bits per heavy atom. The fourth-order valence-electron chi connectivity index (χ4n) is 6.04. The molecule has 0 bridgehead atoms. The number of anilines is 1. The van der Waals surface area contributed by atoms with Crippen molar-refractivity contribution in [2.75, 3.05) is 18.5 Å². The molecule has 2 saturated carbocycles. The lowest BCUT2D eigenvalue weighted by molar-refractivity contribution is -0.186. The number of hydrogen-bond acceptors (Lipinski definition) is 7. The van der Waals surface area contributed by atoms with Gasteiger partial charge < -0.3 is 10.1 Å². The Morgan fingerprint density at radius 2 is 1.97 bits per heavy atom. The lowest BCUT2D eigenvalue weighted by Gasteiger charge is -2.43. The van der Waals surface area contributed by atoms with E-state index in [1.54, 1.807) is 4.90 Å². The van der Waals surface area contributed by atoms with E-state index in [9.17, 15) is 18.0 Å². The van der Waals surface area contributed by atoms with Crippen molar-refractivity contribution in [3.8, 4) is 0 Å². The Morgan fingerprint density at radius 3 is 2.77 bits per heavy atom. The third-order valence-corrected chi connectivity index (χ3v) is 9.22. The van der Waals surface area contributed by atoms with Gasteiger partial charge in [0, 0.05) is 30.8 Å². The molecule has 7 nitrogen and oxygen atoms in total. The number of aliphatic imine (C=N–C) groups is 2. The number of hydrogen-bond donors (Lipinski definition) is 1. The van der Waals surface area contributed by atoms with Crippen molar-refractivity contribution >= 4 is 50.2 Å². The lowest BCUT2D eigenvalue weighted by atomic mass is 9.78. The molecular weight excluding hydrogens is 527 g/mol. The maximum absolute atomic E-state index is 13.3. The van der Waals surface area contributed by atoms with Gasteiger partial charge in [0.15, 0.2) is 11.0 Å². The normalized spacial score (nSPS) is 26.4. The van der Waals surface area contributed by atoms with E-state index in [1.807, 2.05) is 30.6 Å². The van der Waals surface area contributed by atoms with E-state index in [0.29, 0.717) is 55.9 Å². The second kappa shape index (κ2) is 11.1. The number of alkyl halides is 3. The van der Waals surface area contributed by atoms with Crippen LogP contribution in [0.1, 0.15) is 63.4 Å². The van der Waals surface area contributed by atoms with Crippen molar-refractivity contribution < 1.29 is 22.7 Å². The highest BCUT2D eigenvalue weighted by Crippen LogP contribution is 2.41. The minimum absolute atomic E-state index is 0.149. The fourth-order valence-corrected chi connectivity index (χ4v) is 6.95. The summed E-state index contributed by atoms with van der Waals surface area (Å²) in [5.74, 6) is 0.225. The van der Waals surface area contributed by atoms with E-state index in [2.05, 4.69) is 20.3 Å². The van der Waals surface area contributed by atoms with Crippen LogP contribution >= 0.6 is 11.3 Å². The number of likely N-dealkylation sites (tertiary alicyclic amines) is 1. The van der Waals surface area contributed by atoms with Gasteiger partial charge in [-0.05, 0) is 68.3 Å². The third kappa shape index (κ3) is 5.95. The Bertz CT molecular complexity index is 1310. The number of amidine groups is 1. The summed E-state index contributed by atoms with van der Waals surface area (Å²) in [5.41, 5.74) is 2.84. The molecule has 39 heavy (non-hydrogen) atoms. The highest BCUT2D eigenvalue weighted by atomic mass is 32.1. The molecule has 0 radical (unpaired) electrons. The largest absolute Gasteiger partial charge is 0.404 e. The molecule has 2 aromatic rings. The molecule has 2 aliphatic heterocycles. The highest BCUT2D eigenvalue weighted by molar-refractivity contribution is 7.22. The molecule has 1 aromatic heterocycles. The van der Waals surface area contributed by atoms with Gasteiger partial charge in [0.2, 0.25) is 5.91 Å². The summed E-state index contributed by atoms with van der Waals surface area (Å²) < 4.78 is 46.8. The number of allylic oxidation sites excluding steroid dienone is 1. The number of aromatic nitrogens is 1. The molecule has 0 spiro atoms. The molecule has 3 fully saturated rings. The summed E-state index contributed by atoms with van der Waals surface area (Å²) >= 11 is 1.39. The molecule has 6 rings (SSSR count). The van der Waals surface area contributed by atoms with Crippen molar-refractivity contribution in [1.29, 1.82) is 0 Å². The van der Waals surface area contributed by atoms with Crippen LogP contribution in [0.15, 0.2) is 34.4 Å². The summed E-state index contributed by atoms with van der Waals surface area (Å²) in [6.45, 7) is 0.872. The Hall–Kier alpha value is -2.63. The number of fused-ring (bicyclic) bond motifs is 1. The number of benzene rings is 1. The summed E-state index contributed by atoms with van der Waals surface area (Å²) in [4.78, 5) is 27.9. The van der Waals surface area contributed by atoms with Gasteiger partial charge in [0.1, 0.15) is 12.6 Å². The van der Waals surface area contributed by atoms with Gasteiger partial charge in [-0.25, -0.2) is 15.0 Å². The molecule has 1 N–H and O–H groups in total. The molecule has 208 valence electrons. The molecule has 1 unspecified atom stereocenters. The average molecular weight is 560 g/mol. The molecule has 1 atom stereocenters. The molecular formula is C28H32F3N5O2S. The van der Waals surface area contributed by atoms with E-state index in [4.69, 9.17) is 4.74 Å². The number of ether oxygens (including phenoxy) is 1. The first-order valence-electron chi connectivity index (χ1n) is 13.8. The Balaban J connectivity index is 1.06. The number of amides is 1. The standard InChI is InChI=1S/C28H32F3N5O2S/c29-28(30,31)24-6-3-11-36(24)20-12-19(13-20)26(37)35-27-34-22-8-7-17(14-23(22)39-27)18-9-10-32-25(33-15-18)16-38-21-4-1-2-5-21/h7-8,10,14-15,19-21,24H,1-6,9,11-13,16H2,(H,34,35,37). The van der Waals surface area contributed by atoms with Crippen LogP contribution in [-0.2, 0) is 9.53 Å². The summed E-state index contributed by atoms with van der Waals surface area (Å²) in [5, 5.41) is 3.40.